The van der Waals surface area contributed by atoms with Crippen LogP contribution in [0.4, 0.5) is 0 Å². The summed E-state index contributed by atoms with van der Waals surface area (Å²) in [4.78, 5) is 11.6. The van der Waals surface area contributed by atoms with Crippen LogP contribution in [0.2, 0.25) is 0 Å². The molecule has 1 aromatic carbocycles. The quantitative estimate of drug-likeness (QED) is 0.774. The van der Waals surface area contributed by atoms with E-state index in [2.05, 4.69) is 6.92 Å². The highest BCUT2D eigenvalue weighted by Crippen LogP contribution is 2.05. The molecule has 0 amide bonds. The summed E-state index contributed by atoms with van der Waals surface area (Å²) in [6.07, 6.45) is 2.99. The third kappa shape index (κ3) is 4.75. The SMILES string of the molecule is CCCC(N)CC(=O)Cc1ccccc1. The van der Waals surface area contributed by atoms with E-state index in [1.165, 1.54) is 0 Å². The molecular weight excluding hydrogens is 186 g/mol. The highest BCUT2D eigenvalue weighted by atomic mass is 16.1. The van der Waals surface area contributed by atoms with Gasteiger partial charge in [0, 0.05) is 18.9 Å². The molecular formula is C13H19NO. The maximum atomic E-state index is 11.6. The van der Waals surface area contributed by atoms with Gasteiger partial charge in [0.1, 0.15) is 5.78 Å². The van der Waals surface area contributed by atoms with Gasteiger partial charge in [0.25, 0.3) is 0 Å². The Balaban J connectivity index is 2.36. The van der Waals surface area contributed by atoms with E-state index in [1.54, 1.807) is 0 Å². The highest BCUT2D eigenvalue weighted by molar-refractivity contribution is 5.81. The molecule has 0 aliphatic heterocycles. The zero-order valence-corrected chi connectivity index (χ0v) is 9.28. The van der Waals surface area contributed by atoms with E-state index < -0.39 is 0 Å². The normalized spacial score (nSPS) is 12.4. The largest absolute Gasteiger partial charge is 0.327 e. The molecule has 0 spiro atoms. The van der Waals surface area contributed by atoms with Crippen molar-refractivity contribution in [2.45, 2.75) is 38.6 Å². The second-order valence-electron chi connectivity index (χ2n) is 3.95. The Kier molecular flexibility index (Phi) is 5.05. The number of ketones is 1. The van der Waals surface area contributed by atoms with Crippen LogP contribution in [0.3, 0.4) is 0 Å². The molecule has 0 radical (unpaired) electrons. The number of nitrogens with two attached hydrogens (primary N) is 1. The highest BCUT2D eigenvalue weighted by Gasteiger charge is 2.08. The molecule has 0 aliphatic carbocycles. The van der Waals surface area contributed by atoms with Gasteiger partial charge < -0.3 is 5.73 Å². The molecule has 0 aromatic heterocycles. The third-order valence-electron chi connectivity index (χ3n) is 2.39. The summed E-state index contributed by atoms with van der Waals surface area (Å²) in [5.41, 5.74) is 6.89. The summed E-state index contributed by atoms with van der Waals surface area (Å²) in [7, 11) is 0. The molecule has 2 heteroatoms. The molecule has 2 N–H and O–H groups in total. The molecule has 0 heterocycles. The van der Waals surface area contributed by atoms with E-state index in [1.807, 2.05) is 30.3 Å². The van der Waals surface area contributed by atoms with Gasteiger partial charge in [-0.1, -0.05) is 43.7 Å². The zero-order chi connectivity index (χ0) is 11.1. The summed E-state index contributed by atoms with van der Waals surface area (Å²) in [5.74, 6) is 0.238. The van der Waals surface area contributed by atoms with E-state index in [4.69, 9.17) is 5.73 Å². The molecule has 82 valence electrons. The molecule has 1 atom stereocenters. The average molecular weight is 205 g/mol. The van der Waals surface area contributed by atoms with Crippen molar-refractivity contribution in [3.63, 3.8) is 0 Å². The Hall–Kier alpha value is -1.15. The topological polar surface area (TPSA) is 43.1 Å². The summed E-state index contributed by atoms with van der Waals surface area (Å²) in [5, 5.41) is 0. The van der Waals surface area contributed by atoms with Crippen molar-refractivity contribution in [1.29, 1.82) is 0 Å². The van der Waals surface area contributed by atoms with Crippen molar-refractivity contribution in [2.75, 3.05) is 0 Å². The van der Waals surface area contributed by atoms with Crippen molar-refractivity contribution in [2.24, 2.45) is 5.73 Å². The lowest BCUT2D eigenvalue weighted by atomic mass is 10.0. The Labute approximate surface area is 91.5 Å². The van der Waals surface area contributed by atoms with E-state index in [-0.39, 0.29) is 11.8 Å². The van der Waals surface area contributed by atoms with Gasteiger partial charge in [-0.15, -0.1) is 0 Å². The van der Waals surface area contributed by atoms with Crippen LogP contribution in [0.5, 0.6) is 0 Å². The van der Waals surface area contributed by atoms with Crippen LogP contribution in [-0.4, -0.2) is 11.8 Å². The molecule has 0 bridgehead atoms. The van der Waals surface area contributed by atoms with Gasteiger partial charge in [-0.05, 0) is 12.0 Å². The Bertz CT molecular complexity index is 295. The predicted octanol–water partition coefficient (Wildman–Crippen LogP) is 2.32. The van der Waals surface area contributed by atoms with Crippen LogP contribution in [0.15, 0.2) is 30.3 Å². The first kappa shape index (κ1) is 11.9. The summed E-state index contributed by atoms with van der Waals surface area (Å²) in [6, 6.07) is 9.85. The van der Waals surface area contributed by atoms with Gasteiger partial charge in [0.15, 0.2) is 0 Å². The minimum absolute atomic E-state index is 0.0335. The third-order valence-corrected chi connectivity index (χ3v) is 2.39. The lowest BCUT2D eigenvalue weighted by molar-refractivity contribution is -0.118. The molecule has 15 heavy (non-hydrogen) atoms. The predicted molar refractivity (Wildman–Crippen MR) is 62.7 cm³/mol. The van der Waals surface area contributed by atoms with Crippen LogP contribution in [0, 0.1) is 0 Å². The second kappa shape index (κ2) is 6.36. The fraction of sp³-hybridized carbons (Fsp3) is 0.462. The molecule has 0 saturated heterocycles. The van der Waals surface area contributed by atoms with Crippen molar-refractivity contribution in [3.05, 3.63) is 35.9 Å². The van der Waals surface area contributed by atoms with Crippen LogP contribution in [0.25, 0.3) is 0 Å². The standard InChI is InChI=1S/C13H19NO/c1-2-6-12(14)10-13(15)9-11-7-4-3-5-8-11/h3-5,7-8,12H,2,6,9-10,14H2,1H3. The van der Waals surface area contributed by atoms with Gasteiger partial charge in [-0.2, -0.15) is 0 Å². The van der Waals surface area contributed by atoms with E-state index >= 15 is 0 Å². The molecule has 1 unspecified atom stereocenters. The molecule has 0 saturated carbocycles. The lowest BCUT2D eigenvalue weighted by Crippen LogP contribution is -2.24. The van der Waals surface area contributed by atoms with E-state index in [9.17, 15) is 4.79 Å². The van der Waals surface area contributed by atoms with Crippen LogP contribution >= 0.6 is 0 Å². The van der Waals surface area contributed by atoms with Crippen LogP contribution < -0.4 is 5.73 Å². The molecule has 0 fully saturated rings. The fourth-order valence-electron chi connectivity index (χ4n) is 1.66. The Morgan fingerprint density at radius 3 is 2.60 bits per heavy atom. The van der Waals surface area contributed by atoms with E-state index in [0.717, 1.165) is 18.4 Å². The maximum Gasteiger partial charge on any atom is 0.138 e. The average Bonchev–Trinajstić information content (AvgIpc) is 2.19. The van der Waals surface area contributed by atoms with Gasteiger partial charge in [-0.25, -0.2) is 0 Å². The number of benzene rings is 1. The van der Waals surface area contributed by atoms with Crippen LogP contribution in [0.1, 0.15) is 31.7 Å². The van der Waals surface area contributed by atoms with Gasteiger partial charge in [0.2, 0.25) is 0 Å². The fourth-order valence-corrected chi connectivity index (χ4v) is 1.66. The zero-order valence-electron chi connectivity index (χ0n) is 9.28. The van der Waals surface area contributed by atoms with Gasteiger partial charge in [0.05, 0.1) is 0 Å². The van der Waals surface area contributed by atoms with Crippen molar-refractivity contribution >= 4 is 5.78 Å². The Morgan fingerprint density at radius 1 is 1.33 bits per heavy atom. The molecule has 0 aliphatic rings. The monoisotopic (exact) mass is 205 g/mol. The van der Waals surface area contributed by atoms with Gasteiger partial charge >= 0.3 is 0 Å². The van der Waals surface area contributed by atoms with Gasteiger partial charge in [-0.3, -0.25) is 4.79 Å². The van der Waals surface area contributed by atoms with Crippen LogP contribution in [-0.2, 0) is 11.2 Å². The number of carbonyl (C=O) groups is 1. The minimum atomic E-state index is 0.0335. The molecule has 2 nitrogen and oxygen atoms in total. The molecule has 1 rings (SSSR count). The number of hydrogen-bond donors (Lipinski definition) is 1. The summed E-state index contributed by atoms with van der Waals surface area (Å²) < 4.78 is 0. The van der Waals surface area contributed by atoms with Crippen molar-refractivity contribution in [1.82, 2.24) is 0 Å². The summed E-state index contributed by atoms with van der Waals surface area (Å²) in [6.45, 7) is 2.08. The first-order valence-electron chi connectivity index (χ1n) is 5.53. The molecule has 1 aromatic rings. The minimum Gasteiger partial charge on any atom is -0.327 e. The first-order valence-corrected chi connectivity index (χ1v) is 5.53. The smallest absolute Gasteiger partial charge is 0.138 e. The lowest BCUT2D eigenvalue weighted by Gasteiger charge is -2.08. The number of hydrogen-bond acceptors (Lipinski definition) is 2. The summed E-state index contributed by atoms with van der Waals surface area (Å²) >= 11 is 0. The maximum absolute atomic E-state index is 11.6. The van der Waals surface area contributed by atoms with Crippen molar-refractivity contribution < 1.29 is 4.79 Å². The number of rotatable bonds is 6. The number of Topliss-reactive ketones (excluding diaryl/α,β-unsaturated/α-hetero) is 1. The second-order valence-corrected chi connectivity index (χ2v) is 3.95. The van der Waals surface area contributed by atoms with E-state index in [0.29, 0.717) is 12.8 Å². The van der Waals surface area contributed by atoms with Crippen molar-refractivity contribution in [3.8, 4) is 0 Å². The Morgan fingerprint density at radius 2 is 2.00 bits per heavy atom. The number of carbonyl (C=O) groups excluding carboxylic acids is 1. The first-order chi connectivity index (χ1) is 7.22.